The summed E-state index contributed by atoms with van der Waals surface area (Å²) in [4.78, 5) is 0. The third-order valence-corrected chi connectivity index (χ3v) is 1.05. The molecule has 9 heavy (non-hydrogen) atoms. The van der Waals surface area contributed by atoms with Crippen molar-refractivity contribution in [1.29, 1.82) is 0 Å². The summed E-state index contributed by atoms with van der Waals surface area (Å²) >= 11 is 0. The molecule has 0 heterocycles. The van der Waals surface area contributed by atoms with Crippen molar-refractivity contribution in [2.45, 2.75) is 0 Å². The lowest BCUT2D eigenvalue weighted by atomic mass is 10.3. The lowest BCUT2D eigenvalue weighted by molar-refractivity contribution is 0.473. The highest BCUT2D eigenvalue weighted by Gasteiger charge is 1.86. The molecule has 0 fully saturated rings. The molecule has 1 rings (SSSR count). The summed E-state index contributed by atoms with van der Waals surface area (Å²) in [6.45, 7) is 0. The SMILES string of the molecule is [CH2]Oc1ccc(N)cc1. The molecule has 0 saturated heterocycles. The lowest BCUT2D eigenvalue weighted by Gasteiger charge is -1.96. The predicted molar refractivity (Wildman–Crippen MR) is 36.8 cm³/mol. The summed E-state index contributed by atoms with van der Waals surface area (Å²) in [6.07, 6.45) is 0. The number of hydrogen-bond donors (Lipinski definition) is 1. The fourth-order valence-electron chi connectivity index (χ4n) is 0.564. The number of rotatable bonds is 1. The Kier molecular flexibility index (Phi) is 1.58. The van der Waals surface area contributed by atoms with Crippen molar-refractivity contribution >= 4 is 5.69 Å². The topological polar surface area (TPSA) is 35.2 Å². The van der Waals surface area contributed by atoms with Crippen LogP contribution in [0.1, 0.15) is 0 Å². The number of nitrogen functional groups attached to an aromatic ring is 1. The fraction of sp³-hybridized carbons (Fsp3) is 0. The van der Waals surface area contributed by atoms with Gasteiger partial charge >= 0.3 is 0 Å². The van der Waals surface area contributed by atoms with Crippen LogP contribution in [0.25, 0.3) is 0 Å². The summed E-state index contributed by atoms with van der Waals surface area (Å²) in [7, 11) is 3.24. The van der Waals surface area contributed by atoms with E-state index in [1.165, 1.54) is 0 Å². The summed E-state index contributed by atoms with van der Waals surface area (Å²) < 4.78 is 4.66. The van der Waals surface area contributed by atoms with E-state index in [1.807, 2.05) is 0 Å². The van der Waals surface area contributed by atoms with E-state index in [1.54, 1.807) is 24.3 Å². The van der Waals surface area contributed by atoms with Gasteiger partial charge in [-0.05, 0) is 24.3 Å². The Balaban J connectivity index is 2.88. The highest BCUT2D eigenvalue weighted by molar-refractivity contribution is 5.41. The van der Waals surface area contributed by atoms with E-state index < -0.39 is 0 Å². The molecule has 47 valence electrons. The molecule has 1 aromatic rings. The summed E-state index contributed by atoms with van der Waals surface area (Å²) in [5.74, 6) is 0.726. The van der Waals surface area contributed by atoms with E-state index in [9.17, 15) is 0 Å². The second-order valence-corrected chi connectivity index (χ2v) is 1.71. The van der Waals surface area contributed by atoms with E-state index in [0.717, 1.165) is 11.4 Å². The predicted octanol–water partition coefficient (Wildman–Crippen LogP) is 1.44. The van der Waals surface area contributed by atoms with Gasteiger partial charge in [-0.15, -0.1) is 0 Å². The van der Waals surface area contributed by atoms with E-state index >= 15 is 0 Å². The lowest BCUT2D eigenvalue weighted by Crippen LogP contribution is -1.83. The Morgan fingerprint density at radius 1 is 1.22 bits per heavy atom. The van der Waals surface area contributed by atoms with Crippen LogP contribution < -0.4 is 10.5 Å². The van der Waals surface area contributed by atoms with Gasteiger partial charge in [-0.25, -0.2) is 0 Å². The van der Waals surface area contributed by atoms with Gasteiger partial charge in [0.25, 0.3) is 0 Å². The number of nitrogens with two attached hydrogens (primary N) is 1. The Hall–Kier alpha value is -1.18. The Morgan fingerprint density at radius 2 is 1.78 bits per heavy atom. The Labute approximate surface area is 54.2 Å². The molecule has 0 atom stereocenters. The van der Waals surface area contributed by atoms with Crippen LogP contribution in [-0.2, 0) is 0 Å². The maximum atomic E-state index is 5.41. The first-order valence-electron chi connectivity index (χ1n) is 2.60. The standard InChI is InChI=1S/C7H8NO/c1-9-7-4-2-6(8)3-5-7/h2-5H,1,8H2. The highest BCUT2D eigenvalue weighted by Crippen LogP contribution is 2.11. The first-order chi connectivity index (χ1) is 4.33. The molecular formula is C7H8NO. The van der Waals surface area contributed by atoms with Crippen LogP contribution in [0.5, 0.6) is 5.75 Å². The molecule has 1 aromatic carbocycles. The average Bonchev–Trinajstić information content (AvgIpc) is 1.90. The molecule has 0 aliphatic heterocycles. The minimum atomic E-state index is 0.726. The Bertz CT molecular complexity index is 181. The van der Waals surface area contributed by atoms with Gasteiger partial charge < -0.3 is 10.5 Å². The summed E-state index contributed by atoms with van der Waals surface area (Å²) in [5.41, 5.74) is 6.14. The van der Waals surface area contributed by atoms with Crippen LogP contribution in [0, 0.1) is 7.11 Å². The second-order valence-electron chi connectivity index (χ2n) is 1.71. The van der Waals surface area contributed by atoms with Crippen LogP contribution in [0.3, 0.4) is 0 Å². The summed E-state index contributed by atoms with van der Waals surface area (Å²) in [5, 5.41) is 0. The van der Waals surface area contributed by atoms with Crippen molar-refractivity contribution in [2.24, 2.45) is 0 Å². The molecule has 0 unspecified atom stereocenters. The van der Waals surface area contributed by atoms with Crippen molar-refractivity contribution < 1.29 is 4.74 Å². The van der Waals surface area contributed by atoms with Crippen molar-refractivity contribution in [2.75, 3.05) is 5.73 Å². The number of ether oxygens (including phenoxy) is 1. The first kappa shape index (κ1) is 5.95. The zero-order valence-corrected chi connectivity index (χ0v) is 5.00. The molecule has 0 saturated carbocycles. The van der Waals surface area contributed by atoms with Crippen LogP contribution in [-0.4, -0.2) is 0 Å². The van der Waals surface area contributed by atoms with Gasteiger partial charge in [0.15, 0.2) is 0 Å². The third kappa shape index (κ3) is 1.35. The van der Waals surface area contributed by atoms with Crippen LogP contribution in [0.15, 0.2) is 24.3 Å². The molecule has 2 nitrogen and oxygen atoms in total. The first-order valence-corrected chi connectivity index (χ1v) is 2.60. The molecule has 1 radical (unpaired) electrons. The van der Waals surface area contributed by atoms with Crippen LogP contribution in [0.2, 0.25) is 0 Å². The van der Waals surface area contributed by atoms with E-state index in [0.29, 0.717) is 0 Å². The molecule has 0 aliphatic rings. The second kappa shape index (κ2) is 2.40. The van der Waals surface area contributed by atoms with Gasteiger partial charge in [-0.1, -0.05) is 0 Å². The fourth-order valence-corrected chi connectivity index (χ4v) is 0.564. The molecule has 0 bridgehead atoms. The smallest absolute Gasteiger partial charge is 0.122 e. The maximum absolute atomic E-state index is 5.41. The Morgan fingerprint density at radius 3 is 2.22 bits per heavy atom. The van der Waals surface area contributed by atoms with E-state index in [2.05, 4.69) is 11.8 Å². The van der Waals surface area contributed by atoms with Crippen LogP contribution in [0.4, 0.5) is 5.69 Å². The minimum Gasteiger partial charge on any atom is -0.490 e. The quantitative estimate of drug-likeness (QED) is 0.572. The molecule has 0 aliphatic carbocycles. The number of hydrogen-bond acceptors (Lipinski definition) is 2. The monoisotopic (exact) mass is 122 g/mol. The maximum Gasteiger partial charge on any atom is 0.122 e. The third-order valence-electron chi connectivity index (χ3n) is 1.05. The minimum absolute atomic E-state index is 0.726. The van der Waals surface area contributed by atoms with Gasteiger partial charge in [0.1, 0.15) is 12.9 Å². The van der Waals surface area contributed by atoms with Gasteiger partial charge in [0.2, 0.25) is 0 Å². The highest BCUT2D eigenvalue weighted by atomic mass is 16.5. The van der Waals surface area contributed by atoms with Gasteiger partial charge in [0.05, 0.1) is 0 Å². The van der Waals surface area contributed by atoms with Crippen molar-refractivity contribution in [3.05, 3.63) is 31.4 Å². The molecule has 0 spiro atoms. The van der Waals surface area contributed by atoms with E-state index in [-0.39, 0.29) is 0 Å². The van der Waals surface area contributed by atoms with Gasteiger partial charge in [0, 0.05) is 5.69 Å². The van der Waals surface area contributed by atoms with Gasteiger partial charge in [-0.2, -0.15) is 0 Å². The normalized spacial score (nSPS) is 9.00. The van der Waals surface area contributed by atoms with Crippen molar-refractivity contribution in [3.8, 4) is 5.75 Å². The molecule has 2 N–H and O–H groups in total. The number of anilines is 1. The van der Waals surface area contributed by atoms with Crippen LogP contribution >= 0.6 is 0 Å². The molecule has 2 heteroatoms. The molecular weight excluding hydrogens is 114 g/mol. The zero-order valence-electron chi connectivity index (χ0n) is 5.00. The largest absolute Gasteiger partial charge is 0.490 e. The average molecular weight is 122 g/mol. The van der Waals surface area contributed by atoms with Gasteiger partial charge in [-0.3, -0.25) is 0 Å². The molecule has 0 aromatic heterocycles. The van der Waals surface area contributed by atoms with Crippen molar-refractivity contribution in [3.63, 3.8) is 0 Å². The molecule has 0 amide bonds. The summed E-state index contributed by atoms with van der Waals surface area (Å²) in [6, 6.07) is 7.06. The van der Waals surface area contributed by atoms with E-state index in [4.69, 9.17) is 5.73 Å². The number of benzene rings is 1. The zero-order chi connectivity index (χ0) is 6.69. The van der Waals surface area contributed by atoms with Crippen molar-refractivity contribution in [1.82, 2.24) is 0 Å².